The zero-order valence-corrected chi connectivity index (χ0v) is 23.4. The molecule has 3 unspecified atom stereocenters. The summed E-state index contributed by atoms with van der Waals surface area (Å²) < 4.78 is 9.92. The van der Waals surface area contributed by atoms with Crippen molar-refractivity contribution in [1.29, 1.82) is 0 Å². The van der Waals surface area contributed by atoms with Gasteiger partial charge in [-0.15, -0.1) is 0 Å². The molecule has 0 aliphatic carbocycles. The standard InChI is InChI=1S/C18H31N3O7.2C5H5N/c1-20-8-17(15(25)27-2)10-21(12(13(22)23)6-4-5-7-19)11-18(9-20,14(17)24)16(26)28-3;2*1-2-4-6-5-3-1/h12,14,24H,4-11,19H2,1-3H3,(H,22,23);2*1-5H. The number of nitrogens with two attached hydrogens (primary N) is 1. The summed E-state index contributed by atoms with van der Waals surface area (Å²) in [5.41, 5.74) is 2.62. The molecular weight excluding hydrogens is 518 g/mol. The summed E-state index contributed by atoms with van der Waals surface area (Å²) in [6.07, 6.45) is 7.26. The first-order valence-electron chi connectivity index (χ1n) is 13.1. The number of aliphatic hydroxyl groups excluding tert-OH is 1. The van der Waals surface area contributed by atoms with Crippen molar-refractivity contribution in [1.82, 2.24) is 19.8 Å². The topological polar surface area (TPSA) is 168 Å². The molecule has 2 aliphatic heterocycles. The van der Waals surface area contributed by atoms with Crippen molar-refractivity contribution < 1.29 is 34.1 Å². The number of methoxy groups -OCH3 is 2. The molecule has 2 aromatic rings. The van der Waals surface area contributed by atoms with Crippen LogP contribution < -0.4 is 5.73 Å². The fourth-order valence-corrected chi connectivity index (χ4v) is 5.45. The van der Waals surface area contributed by atoms with Crippen LogP contribution in [-0.4, -0.2) is 114 Å². The maximum Gasteiger partial charge on any atom is 0.320 e. The second-order valence-electron chi connectivity index (χ2n) is 9.96. The fraction of sp³-hybridized carbons (Fsp3) is 0.536. The molecule has 2 saturated heterocycles. The van der Waals surface area contributed by atoms with E-state index in [-0.39, 0.29) is 26.2 Å². The van der Waals surface area contributed by atoms with E-state index in [4.69, 9.17) is 15.2 Å². The maximum absolute atomic E-state index is 12.8. The number of carboxylic acids is 1. The molecule has 2 aliphatic rings. The molecule has 4 rings (SSSR count). The number of pyridine rings is 2. The van der Waals surface area contributed by atoms with Crippen molar-refractivity contribution in [2.24, 2.45) is 16.6 Å². The second kappa shape index (κ2) is 16.0. The molecule has 0 aromatic carbocycles. The van der Waals surface area contributed by atoms with Crippen LogP contribution in [0, 0.1) is 10.8 Å². The summed E-state index contributed by atoms with van der Waals surface area (Å²) in [4.78, 5) is 48.4. The lowest BCUT2D eigenvalue weighted by Crippen LogP contribution is -2.77. The van der Waals surface area contributed by atoms with Crippen LogP contribution in [0.15, 0.2) is 61.2 Å². The van der Waals surface area contributed by atoms with Crippen molar-refractivity contribution >= 4 is 17.9 Å². The average Bonchev–Trinajstić information content (AvgIpc) is 2.97. The normalized spacial score (nSPS) is 24.7. The molecule has 2 fully saturated rings. The monoisotopic (exact) mass is 559 g/mol. The number of nitrogens with zero attached hydrogens (tertiary/aromatic N) is 4. The first-order chi connectivity index (χ1) is 19.2. The number of aliphatic hydroxyl groups is 1. The predicted molar refractivity (Wildman–Crippen MR) is 147 cm³/mol. The number of ether oxygens (including phenoxy) is 2. The number of fused-ring (bicyclic) bond motifs is 2. The highest BCUT2D eigenvalue weighted by molar-refractivity contribution is 5.85. The van der Waals surface area contributed by atoms with E-state index in [0.717, 1.165) is 0 Å². The van der Waals surface area contributed by atoms with Crippen molar-refractivity contribution in [3.8, 4) is 0 Å². The van der Waals surface area contributed by atoms with Gasteiger partial charge in [0.1, 0.15) is 16.9 Å². The van der Waals surface area contributed by atoms with Gasteiger partial charge in [-0.25, -0.2) is 0 Å². The third kappa shape index (κ3) is 8.04. The summed E-state index contributed by atoms with van der Waals surface area (Å²) in [6.45, 7) is 0.692. The lowest BCUT2D eigenvalue weighted by molar-refractivity contribution is -0.221. The molecule has 40 heavy (non-hydrogen) atoms. The lowest BCUT2D eigenvalue weighted by atomic mass is 9.60. The molecule has 0 amide bonds. The molecule has 0 saturated carbocycles. The van der Waals surface area contributed by atoms with Gasteiger partial charge in [0.2, 0.25) is 0 Å². The lowest BCUT2D eigenvalue weighted by Gasteiger charge is -2.59. The molecule has 0 spiro atoms. The number of rotatable bonds is 8. The Morgan fingerprint density at radius 2 is 1.32 bits per heavy atom. The molecule has 4 heterocycles. The van der Waals surface area contributed by atoms with Crippen LogP contribution in [-0.2, 0) is 23.9 Å². The van der Waals surface area contributed by atoms with Crippen LogP contribution in [0.25, 0.3) is 0 Å². The van der Waals surface area contributed by atoms with E-state index in [9.17, 15) is 24.6 Å². The zero-order chi connectivity index (χ0) is 29.6. The summed E-state index contributed by atoms with van der Waals surface area (Å²) in [5, 5.41) is 20.9. The van der Waals surface area contributed by atoms with Gasteiger partial charge in [-0.05, 0) is 50.7 Å². The van der Waals surface area contributed by atoms with E-state index in [1.807, 2.05) is 36.4 Å². The maximum atomic E-state index is 12.8. The first kappa shape index (κ1) is 32.8. The van der Waals surface area contributed by atoms with Crippen LogP contribution in [0.2, 0.25) is 0 Å². The van der Waals surface area contributed by atoms with E-state index in [0.29, 0.717) is 25.8 Å². The predicted octanol–water partition coefficient (Wildman–Crippen LogP) is 0.673. The van der Waals surface area contributed by atoms with Gasteiger partial charge in [-0.1, -0.05) is 18.6 Å². The van der Waals surface area contributed by atoms with E-state index >= 15 is 0 Å². The highest BCUT2D eigenvalue weighted by Crippen LogP contribution is 2.48. The van der Waals surface area contributed by atoms with Gasteiger partial charge < -0.3 is 30.3 Å². The number of hydrogen-bond acceptors (Lipinski definition) is 11. The van der Waals surface area contributed by atoms with E-state index in [2.05, 4.69) is 9.97 Å². The highest BCUT2D eigenvalue weighted by atomic mass is 16.5. The van der Waals surface area contributed by atoms with Gasteiger partial charge in [-0.2, -0.15) is 0 Å². The number of aromatic nitrogens is 2. The molecule has 0 radical (unpaired) electrons. The molecule has 2 aromatic heterocycles. The van der Waals surface area contributed by atoms with Crippen molar-refractivity contribution in [3.63, 3.8) is 0 Å². The Bertz CT molecular complexity index is 927. The van der Waals surface area contributed by atoms with Gasteiger partial charge in [0.25, 0.3) is 0 Å². The van der Waals surface area contributed by atoms with Crippen LogP contribution in [0.4, 0.5) is 0 Å². The van der Waals surface area contributed by atoms with Crippen molar-refractivity contribution in [2.45, 2.75) is 31.4 Å². The number of carboxylic acid groups (broad SMARTS) is 1. The number of hydrogen-bond donors (Lipinski definition) is 3. The molecule has 220 valence electrons. The Morgan fingerprint density at radius 3 is 1.62 bits per heavy atom. The molecule has 12 heteroatoms. The summed E-state index contributed by atoms with van der Waals surface area (Å²) in [7, 11) is 4.17. The Kier molecular flexibility index (Phi) is 13.1. The van der Waals surface area contributed by atoms with Crippen LogP contribution >= 0.6 is 0 Å². The largest absolute Gasteiger partial charge is 0.480 e. The van der Waals surface area contributed by atoms with E-state index < -0.39 is 40.9 Å². The number of piperidine rings is 2. The first-order valence-corrected chi connectivity index (χ1v) is 13.1. The SMILES string of the molecule is COC(=O)C12CN(C)CC(C(=O)OC)(CN(C(CCCCN)C(=O)O)C1)C2O.c1ccncc1.c1ccncc1. The smallest absolute Gasteiger partial charge is 0.320 e. The van der Waals surface area contributed by atoms with Crippen LogP contribution in [0.1, 0.15) is 19.3 Å². The van der Waals surface area contributed by atoms with Gasteiger partial charge in [0, 0.05) is 51.0 Å². The Morgan fingerprint density at radius 1 is 0.875 bits per heavy atom. The Hall–Kier alpha value is -3.45. The number of likely N-dealkylation sites (tertiary alicyclic amines) is 2. The molecule has 4 N–H and O–H groups in total. The van der Waals surface area contributed by atoms with Gasteiger partial charge in [0.15, 0.2) is 0 Å². The number of esters is 2. The molecular formula is C28H41N5O7. The average molecular weight is 560 g/mol. The highest BCUT2D eigenvalue weighted by Gasteiger charge is 2.67. The molecule has 2 bridgehead atoms. The van der Waals surface area contributed by atoms with Gasteiger partial charge in [-0.3, -0.25) is 29.3 Å². The van der Waals surface area contributed by atoms with Crippen LogP contribution in [0.3, 0.4) is 0 Å². The summed E-state index contributed by atoms with van der Waals surface area (Å²) >= 11 is 0. The summed E-state index contributed by atoms with van der Waals surface area (Å²) in [5.74, 6) is -2.38. The zero-order valence-electron chi connectivity index (χ0n) is 23.4. The Balaban J connectivity index is 0.000000379. The van der Waals surface area contributed by atoms with Crippen molar-refractivity contribution in [2.75, 3.05) is 54.0 Å². The number of aliphatic carboxylic acids is 1. The summed E-state index contributed by atoms with van der Waals surface area (Å²) in [6, 6.07) is 10.5. The fourth-order valence-electron chi connectivity index (χ4n) is 5.45. The van der Waals surface area contributed by atoms with E-state index in [1.165, 1.54) is 14.2 Å². The third-order valence-corrected chi connectivity index (χ3v) is 7.10. The minimum absolute atomic E-state index is 0.0243. The van der Waals surface area contributed by atoms with Gasteiger partial charge in [0.05, 0.1) is 20.3 Å². The third-order valence-electron chi connectivity index (χ3n) is 7.10. The second-order valence-corrected chi connectivity index (χ2v) is 9.96. The minimum atomic E-state index is -1.45. The van der Waals surface area contributed by atoms with E-state index in [1.54, 1.807) is 41.6 Å². The Labute approximate surface area is 235 Å². The number of carbonyl (C=O) groups is 3. The minimum Gasteiger partial charge on any atom is -0.480 e. The van der Waals surface area contributed by atoms with Crippen molar-refractivity contribution in [3.05, 3.63) is 61.2 Å². The van der Waals surface area contributed by atoms with Crippen LogP contribution in [0.5, 0.6) is 0 Å². The quantitative estimate of drug-likeness (QED) is 0.306. The number of unbranched alkanes of at least 4 members (excludes halogenated alkanes) is 1. The molecule has 3 atom stereocenters. The molecule has 12 nitrogen and oxygen atoms in total. The number of carbonyl (C=O) groups excluding carboxylic acids is 2. The van der Waals surface area contributed by atoms with Gasteiger partial charge >= 0.3 is 17.9 Å².